The van der Waals surface area contributed by atoms with Gasteiger partial charge in [0.05, 0.1) is 5.69 Å². The van der Waals surface area contributed by atoms with Crippen molar-refractivity contribution in [1.82, 2.24) is 5.16 Å². The van der Waals surface area contributed by atoms with Gasteiger partial charge in [-0.05, 0) is 19.8 Å². The summed E-state index contributed by atoms with van der Waals surface area (Å²) in [6, 6.07) is 2.00. The average Bonchev–Trinajstić information content (AvgIpc) is 2.54. The van der Waals surface area contributed by atoms with Gasteiger partial charge in [-0.2, -0.15) is 0 Å². The molecule has 0 saturated heterocycles. The fraction of sp³-hybridized carbons (Fsp3) is 0.700. The van der Waals surface area contributed by atoms with Crippen molar-refractivity contribution in [3.8, 4) is 0 Å². The van der Waals surface area contributed by atoms with Crippen molar-refractivity contribution in [2.24, 2.45) is 0 Å². The summed E-state index contributed by atoms with van der Waals surface area (Å²) >= 11 is 0. The molecule has 1 heterocycles. The predicted octanol–water partition coefficient (Wildman–Crippen LogP) is 2.51. The molecule has 0 aliphatic heterocycles. The molecule has 3 nitrogen and oxygen atoms in total. The lowest BCUT2D eigenvalue weighted by molar-refractivity contribution is 0.185. The van der Waals surface area contributed by atoms with E-state index in [-0.39, 0.29) is 0 Å². The number of ether oxygens (including phenoxy) is 1. The molecule has 1 atom stereocenters. The molecule has 0 aromatic carbocycles. The van der Waals surface area contributed by atoms with Crippen molar-refractivity contribution in [2.75, 3.05) is 13.7 Å². The van der Waals surface area contributed by atoms with Crippen LogP contribution in [0.2, 0.25) is 0 Å². The van der Waals surface area contributed by atoms with Crippen LogP contribution in [0.1, 0.15) is 37.1 Å². The maximum absolute atomic E-state index is 5.04. The van der Waals surface area contributed by atoms with Crippen molar-refractivity contribution in [2.45, 2.75) is 32.6 Å². The van der Waals surface area contributed by atoms with Crippen LogP contribution in [0.3, 0.4) is 0 Å². The molecule has 0 spiro atoms. The Morgan fingerprint density at radius 1 is 1.62 bits per heavy atom. The molecule has 0 N–H and O–H groups in total. The number of rotatable bonds is 5. The quantitative estimate of drug-likeness (QED) is 0.703. The van der Waals surface area contributed by atoms with Crippen LogP contribution in [0.25, 0.3) is 0 Å². The molecular weight excluding hydrogens is 166 g/mol. The number of methoxy groups -OCH3 is 1. The van der Waals surface area contributed by atoms with Crippen molar-refractivity contribution in [1.29, 1.82) is 0 Å². The highest BCUT2D eigenvalue weighted by molar-refractivity contribution is 5.09. The highest BCUT2D eigenvalue weighted by atomic mass is 16.5. The molecule has 3 heteroatoms. The molecule has 1 rings (SSSR count). The van der Waals surface area contributed by atoms with E-state index >= 15 is 0 Å². The molecule has 0 fully saturated rings. The third-order valence-corrected chi connectivity index (χ3v) is 2.23. The first-order chi connectivity index (χ1) is 6.27. The van der Waals surface area contributed by atoms with Gasteiger partial charge in [-0.15, -0.1) is 0 Å². The topological polar surface area (TPSA) is 35.3 Å². The van der Waals surface area contributed by atoms with E-state index in [1.165, 1.54) is 0 Å². The molecule has 1 aromatic heterocycles. The molecule has 0 amide bonds. The Balaban J connectivity index is 2.56. The zero-order chi connectivity index (χ0) is 9.68. The lowest BCUT2D eigenvalue weighted by atomic mass is 9.99. The number of hydrogen-bond donors (Lipinski definition) is 0. The van der Waals surface area contributed by atoms with E-state index in [1.807, 2.05) is 13.0 Å². The zero-order valence-electron chi connectivity index (χ0n) is 8.54. The summed E-state index contributed by atoms with van der Waals surface area (Å²) in [6.45, 7) is 4.86. The largest absolute Gasteiger partial charge is 0.385 e. The summed E-state index contributed by atoms with van der Waals surface area (Å²) in [5.74, 6) is 1.35. The van der Waals surface area contributed by atoms with Gasteiger partial charge in [0.25, 0.3) is 0 Å². The summed E-state index contributed by atoms with van der Waals surface area (Å²) in [4.78, 5) is 0. The molecule has 1 unspecified atom stereocenters. The minimum atomic E-state index is 0.470. The smallest absolute Gasteiger partial charge is 0.133 e. The van der Waals surface area contributed by atoms with Crippen LogP contribution in [0.4, 0.5) is 0 Å². The van der Waals surface area contributed by atoms with E-state index in [1.54, 1.807) is 7.11 Å². The van der Waals surface area contributed by atoms with Crippen molar-refractivity contribution >= 4 is 0 Å². The Kier molecular flexibility index (Phi) is 3.96. The van der Waals surface area contributed by atoms with Crippen LogP contribution >= 0.6 is 0 Å². The van der Waals surface area contributed by atoms with Gasteiger partial charge in [-0.1, -0.05) is 12.1 Å². The van der Waals surface area contributed by atoms with Crippen molar-refractivity contribution in [3.05, 3.63) is 17.5 Å². The fourth-order valence-corrected chi connectivity index (χ4v) is 1.40. The van der Waals surface area contributed by atoms with Gasteiger partial charge in [0.15, 0.2) is 0 Å². The maximum Gasteiger partial charge on any atom is 0.133 e. The van der Waals surface area contributed by atoms with E-state index in [9.17, 15) is 0 Å². The standard InChI is InChI=1S/C10H17NO2/c1-4-9(5-6-12-3)10-7-8(2)13-11-10/h7,9H,4-6H2,1-3H3. The first-order valence-electron chi connectivity index (χ1n) is 4.70. The monoisotopic (exact) mass is 183 g/mol. The first-order valence-corrected chi connectivity index (χ1v) is 4.70. The van der Waals surface area contributed by atoms with Gasteiger partial charge >= 0.3 is 0 Å². The van der Waals surface area contributed by atoms with E-state index in [2.05, 4.69) is 12.1 Å². The molecular formula is C10H17NO2. The molecule has 13 heavy (non-hydrogen) atoms. The van der Waals surface area contributed by atoms with Crippen LogP contribution in [0.15, 0.2) is 10.6 Å². The second-order valence-electron chi connectivity index (χ2n) is 3.25. The van der Waals surface area contributed by atoms with Crippen molar-refractivity contribution in [3.63, 3.8) is 0 Å². The van der Waals surface area contributed by atoms with Gasteiger partial charge in [-0.3, -0.25) is 0 Å². The summed E-state index contributed by atoms with van der Waals surface area (Å²) < 4.78 is 10.1. The molecule has 0 radical (unpaired) electrons. The lowest BCUT2D eigenvalue weighted by Gasteiger charge is -2.09. The summed E-state index contributed by atoms with van der Waals surface area (Å²) in [5, 5.41) is 4.01. The second-order valence-corrected chi connectivity index (χ2v) is 3.25. The van der Waals surface area contributed by atoms with Gasteiger partial charge < -0.3 is 9.26 Å². The SMILES string of the molecule is CCC(CCOC)c1cc(C)on1. The maximum atomic E-state index is 5.04. The molecule has 0 saturated carbocycles. The van der Waals surface area contributed by atoms with Gasteiger partial charge in [-0.25, -0.2) is 0 Å². The molecule has 0 bridgehead atoms. The molecule has 0 aliphatic rings. The first kappa shape index (κ1) is 10.3. The minimum absolute atomic E-state index is 0.470. The van der Waals surface area contributed by atoms with Crippen LogP contribution in [0, 0.1) is 6.92 Å². The van der Waals surface area contributed by atoms with E-state index in [0.29, 0.717) is 5.92 Å². The van der Waals surface area contributed by atoms with Crippen LogP contribution in [-0.4, -0.2) is 18.9 Å². The molecule has 0 aliphatic carbocycles. The number of aryl methyl sites for hydroxylation is 1. The van der Waals surface area contributed by atoms with E-state index < -0.39 is 0 Å². The highest BCUT2D eigenvalue weighted by Crippen LogP contribution is 2.22. The fourth-order valence-electron chi connectivity index (χ4n) is 1.40. The number of nitrogens with zero attached hydrogens (tertiary/aromatic N) is 1. The Morgan fingerprint density at radius 2 is 2.38 bits per heavy atom. The normalized spacial score (nSPS) is 13.2. The summed E-state index contributed by atoms with van der Waals surface area (Å²) in [6.07, 6.45) is 2.09. The van der Waals surface area contributed by atoms with Crippen LogP contribution < -0.4 is 0 Å². The van der Waals surface area contributed by atoms with Gasteiger partial charge in [0, 0.05) is 25.7 Å². The van der Waals surface area contributed by atoms with Gasteiger partial charge in [0.1, 0.15) is 5.76 Å². The van der Waals surface area contributed by atoms with Crippen LogP contribution in [0.5, 0.6) is 0 Å². The number of hydrogen-bond acceptors (Lipinski definition) is 3. The Morgan fingerprint density at radius 3 is 2.85 bits per heavy atom. The lowest BCUT2D eigenvalue weighted by Crippen LogP contribution is -2.01. The Hall–Kier alpha value is -0.830. The zero-order valence-corrected chi connectivity index (χ0v) is 8.54. The molecule has 74 valence electrons. The summed E-state index contributed by atoms with van der Waals surface area (Å²) in [5.41, 5.74) is 1.05. The minimum Gasteiger partial charge on any atom is -0.385 e. The van der Waals surface area contributed by atoms with Crippen LogP contribution in [-0.2, 0) is 4.74 Å². The van der Waals surface area contributed by atoms with Gasteiger partial charge in [0.2, 0.25) is 0 Å². The third kappa shape index (κ3) is 2.84. The predicted molar refractivity (Wildman–Crippen MR) is 50.8 cm³/mol. The Labute approximate surface area is 79.1 Å². The van der Waals surface area contributed by atoms with Crippen molar-refractivity contribution < 1.29 is 9.26 Å². The second kappa shape index (κ2) is 5.02. The molecule has 1 aromatic rings. The Bertz CT molecular complexity index is 245. The van der Waals surface area contributed by atoms with E-state index in [0.717, 1.165) is 30.9 Å². The highest BCUT2D eigenvalue weighted by Gasteiger charge is 2.12. The average molecular weight is 183 g/mol. The summed E-state index contributed by atoms with van der Waals surface area (Å²) in [7, 11) is 1.72. The third-order valence-electron chi connectivity index (χ3n) is 2.23. The number of aromatic nitrogens is 1. The van der Waals surface area contributed by atoms with E-state index in [4.69, 9.17) is 9.26 Å².